The molecule has 5 amide bonds. The number of aliphatic hydroxyl groups excluding tert-OH is 1. The SMILES string of the molecule is CC[C@H](C)[C@H]1NC(=O)C(NC(=O)[C@@H](CC(C)C)N(C)C)[C@@H](C)OC(=O)[C@H](Cc2ccc(OC)cc2)N(C)C(C)(C)C(=O)C2CCCN2C(=O)[C@H](CC(C)C)NC(=O)[C@@H](C)C(=O)[C@H](C(C)C)NC(=O)CC1O. The zero-order chi connectivity index (χ0) is 53.8. The molecule has 0 spiro atoms. The molecule has 2 aliphatic heterocycles. The lowest BCUT2D eigenvalue weighted by molar-refractivity contribution is -0.161. The zero-order valence-corrected chi connectivity index (χ0v) is 45.4. The molecule has 3 unspecified atom stereocenters. The van der Waals surface area contributed by atoms with Crippen molar-refractivity contribution in [2.24, 2.45) is 29.6 Å². The maximum absolute atomic E-state index is 15.0. The molecule has 2 saturated heterocycles. The minimum atomic E-state index is -1.51. The summed E-state index contributed by atoms with van der Waals surface area (Å²) in [6.07, 6.45) is -1.39. The van der Waals surface area contributed by atoms with Crippen LogP contribution in [0.25, 0.3) is 0 Å². The van der Waals surface area contributed by atoms with E-state index in [0.29, 0.717) is 37.0 Å². The van der Waals surface area contributed by atoms with Crippen LogP contribution in [-0.2, 0) is 49.5 Å². The molecule has 0 aromatic heterocycles. The summed E-state index contributed by atoms with van der Waals surface area (Å²) in [5, 5.41) is 23.0. The van der Waals surface area contributed by atoms with Crippen molar-refractivity contribution in [2.75, 3.05) is 34.8 Å². The molecule has 2 fully saturated rings. The zero-order valence-electron chi connectivity index (χ0n) is 45.4. The Bertz CT molecular complexity index is 2010. The van der Waals surface area contributed by atoms with Crippen molar-refractivity contribution in [3.05, 3.63) is 29.8 Å². The molecule has 5 N–H and O–H groups in total. The third-order valence-electron chi connectivity index (χ3n) is 14.4. The van der Waals surface area contributed by atoms with Gasteiger partial charge >= 0.3 is 5.97 Å². The molecule has 18 nitrogen and oxygen atoms in total. The Morgan fingerprint density at radius 1 is 0.930 bits per heavy atom. The molecule has 1 aromatic carbocycles. The number of amides is 5. The van der Waals surface area contributed by atoms with Gasteiger partial charge in [-0.1, -0.05) is 73.9 Å². The molecular formula is C53H87N7O11. The standard InChI is InChI=1S/C53H87N7O11/c1-17-32(8)44-41(61)28-42(62)55-43(31(6)7)46(63)33(9)48(65)54-37(25-29(2)3)51(68)60-24-18-19-38(60)47(64)53(11,12)59(15)40(27-35-20-22-36(70-16)23-21-35)52(69)71-34(10)45(50(67)56-44)57-49(66)39(58(13)14)26-30(4)5/h20-23,29-34,37-41,43-45,61H,17-19,24-28H2,1-16H3,(H,54,65)(H,55,62)(H,56,67)(H,57,66)/t32-,33-,34+,37-,38?,39+,40-,41?,43-,44+,45?/m0/s1. The third kappa shape index (κ3) is 16.0. The molecule has 18 heteroatoms. The summed E-state index contributed by atoms with van der Waals surface area (Å²) in [7, 11) is 6.66. The number of likely N-dealkylation sites (N-methyl/N-ethyl adjacent to an activating group) is 2. The average Bonchev–Trinajstić information content (AvgIpc) is 3.80. The number of nitrogens with one attached hydrogen (secondary N) is 4. The number of fused-ring (bicyclic) bond motifs is 1. The van der Waals surface area contributed by atoms with Gasteiger partial charge < -0.3 is 40.7 Å². The second kappa shape index (κ2) is 26.7. The van der Waals surface area contributed by atoms with Gasteiger partial charge in [-0.05, 0) is 122 Å². The molecule has 71 heavy (non-hydrogen) atoms. The predicted molar refractivity (Wildman–Crippen MR) is 271 cm³/mol. The number of ketones is 2. The molecule has 400 valence electrons. The van der Waals surface area contributed by atoms with Gasteiger partial charge in [-0.15, -0.1) is 0 Å². The number of esters is 1. The van der Waals surface area contributed by atoms with Crippen LogP contribution in [0.1, 0.15) is 127 Å². The topological polar surface area (TPSA) is 233 Å². The lowest BCUT2D eigenvalue weighted by Crippen LogP contribution is -2.63. The van der Waals surface area contributed by atoms with Crippen LogP contribution in [0.2, 0.25) is 0 Å². The Hall–Kier alpha value is -4.94. The first-order chi connectivity index (χ1) is 33.1. The van der Waals surface area contributed by atoms with Gasteiger partial charge in [-0.2, -0.15) is 0 Å². The van der Waals surface area contributed by atoms with Crippen molar-refractivity contribution in [3.8, 4) is 5.75 Å². The smallest absolute Gasteiger partial charge is 0.324 e. The molecule has 2 aliphatic rings. The second-order valence-corrected chi connectivity index (χ2v) is 21.8. The number of aliphatic hydroxyl groups is 1. The van der Waals surface area contributed by atoms with Crippen molar-refractivity contribution >= 4 is 47.1 Å². The van der Waals surface area contributed by atoms with Crippen LogP contribution in [0.15, 0.2) is 24.3 Å². The Labute approximate surface area is 422 Å². The summed E-state index contributed by atoms with van der Waals surface area (Å²) in [4.78, 5) is 120. The van der Waals surface area contributed by atoms with Crippen LogP contribution in [0, 0.1) is 29.6 Å². The maximum Gasteiger partial charge on any atom is 0.324 e. The van der Waals surface area contributed by atoms with E-state index >= 15 is 4.79 Å². The number of carbonyl (C=O) groups is 8. The number of ether oxygens (including phenoxy) is 2. The third-order valence-corrected chi connectivity index (χ3v) is 14.4. The van der Waals surface area contributed by atoms with E-state index < -0.39 is 126 Å². The lowest BCUT2D eigenvalue weighted by Gasteiger charge is -2.42. The quantitative estimate of drug-likeness (QED) is 0.141. The first-order valence-electron chi connectivity index (χ1n) is 25.6. The van der Waals surface area contributed by atoms with E-state index in [-0.39, 0.29) is 37.0 Å². The van der Waals surface area contributed by atoms with E-state index in [1.165, 1.54) is 25.9 Å². The number of carbonyl (C=O) groups excluding carboxylic acids is 8. The summed E-state index contributed by atoms with van der Waals surface area (Å²) in [5.74, 6) is -6.56. The highest BCUT2D eigenvalue weighted by molar-refractivity contribution is 6.06. The highest BCUT2D eigenvalue weighted by Gasteiger charge is 2.48. The van der Waals surface area contributed by atoms with Crippen molar-refractivity contribution in [1.29, 1.82) is 0 Å². The summed E-state index contributed by atoms with van der Waals surface area (Å²) < 4.78 is 11.6. The summed E-state index contributed by atoms with van der Waals surface area (Å²) in [6, 6.07) is -0.517. The molecule has 11 atom stereocenters. The number of Topliss-reactive ketones (excluding diaryl/α,β-unsaturated/α-hetero) is 2. The Morgan fingerprint density at radius 3 is 2.08 bits per heavy atom. The van der Waals surface area contributed by atoms with Crippen LogP contribution < -0.4 is 26.0 Å². The van der Waals surface area contributed by atoms with Gasteiger partial charge in [0.05, 0.1) is 55.3 Å². The van der Waals surface area contributed by atoms with Crippen LogP contribution in [0.4, 0.5) is 0 Å². The number of hydrogen-bond donors (Lipinski definition) is 5. The molecule has 0 aliphatic carbocycles. The lowest BCUT2D eigenvalue weighted by atomic mass is 9.87. The van der Waals surface area contributed by atoms with Gasteiger partial charge in [-0.3, -0.25) is 48.2 Å². The number of cyclic esters (lactones) is 1. The molecule has 0 radical (unpaired) electrons. The van der Waals surface area contributed by atoms with Crippen LogP contribution in [0.5, 0.6) is 5.75 Å². The van der Waals surface area contributed by atoms with E-state index in [1.54, 1.807) is 89.8 Å². The molecule has 0 saturated carbocycles. The Morgan fingerprint density at radius 2 is 1.55 bits per heavy atom. The van der Waals surface area contributed by atoms with Crippen molar-refractivity contribution in [2.45, 2.75) is 188 Å². The molecule has 2 heterocycles. The number of hydrogen-bond acceptors (Lipinski definition) is 13. The fourth-order valence-corrected chi connectivity index (χ4v) is 9.44. The van der Waals surface area contributed by atoms with Gasteiger partial charge in [0, 0.05) is 6.54 Å². The molecule has 0 bridgehead atoms. The highest BCUT2D eigenvalue weighted by atomic mass is 16.5. The number of methoxy groups -OCH3 is 1. The normalized spacial score (nSPS) is 28.2. The fourth-order valence-electron chi connectivity index (χ4n) is 9.44. The largest absolute Gasteiger partial charge is 0.497 e. The van der Waals surface area contributed by atoms with Crippen LogP contribution in [-0.4, -0.2) is 162 Å². The van der Waals surface area contributed by atoms with E-state index in [0.717, 1.165) is 0 Å². The van der Waals surface area contributed by atoms with E-state index in [1.807, 2.05) is 34.6 Å². The molecule has 3 rings (SSSR count). The maximum atomic E-state index is 15.0. The Balaban J connectivity index is 2.28. The number of nitrogens with zero attached hydrogens (tertiary/aromatic N) is 3. The van der Waals surface area contributed by atoms with Gasteiger partial charge in [-0.25, -0.2) is 0 Å². The summed E-state index contributed by atoms with van der Waals surface area (Å²) >= 11 is 0. The predicted octanol–water partition coefficient (Wildman–Crippen LogP) is 3.44. The second-order valence-electron chi connectivity index (χ2n) is 21.8. The van der Waals surface area contributed by atoms with Gasteiger partial charge in [0.15, 0.2) is 11.6 Å². The Kier molecular flexibility index (Phi) is 22.7. The van der Waals surface area contributed by atoms with E-state index in [4.69, 9.17) is 9.47 Å². The van der Waals surface area contributed by atoms with Crippen molar-refractivity contribution < 1.29 is 52.9 Å². The van der Waals surface area contributed by atoms with Gasteiger partial charge in [0.1, 0.15) is 30.0 Å². The monoisotopic (exact) mass is 998 g/mol. The van der Waals surface area contributed by atoms with Gasteiger partial charge in [0.25, 0.3) is 0 Å². The minimum Gasteiger partial charge on any atom is -0.497 e. The number of benzene rings is 1. The minimum absolute atomic E-state index is 0.0395. The van der Waals surface area contributed by atoms with E-state index in [9.17, 15) is 38.7 Å². The average molecular weight is 998 g/mol. The van der Waals surface area contributed by atoms with E-state index in [2.05, 4.69) is 21.3 Å². The highest BCUT2D eigenvalue weighted by Crippen LogP contribution is 2.30. The van der Waals surface area contributed by atoms with Gasteiger partial charge in [0.2, 0.25) is 29.5 Å². The van der Waals surface area contributed by atoms with Crippen LogP contribution >= 0.6 is 0 Å². The number of rotatable bonds is 13. The fraction of sp³-hybridized carbons (Fsp3) is 0.736. The summed E-state index contributed by atoms with van der Waals surface area (Å²) in [5.41, 5.74) is -0.727. The van der Waals surface area contributed by atoms with Crippen LogP contribution in [0.3, 0.4) is 0 Å². The first-order valence-corrected chi connectivity index (χ1v) is 25.6. The molecule has 1 aromatic rings. The van der Waals surface area contributed by atoms with Crippen molar-refractivity contribution in [3.63, 3.8) is 0 Å². The first kappa shape index (κ1) is 60.4. The van der Waals surface area contributed by atoms with Crippen molar-refractivity contribution in [1.82, 2.24) is 36.0 Å². The molecular weight excluding hydrogens is 911 g/mol. The summed E-state index contributed by atoms with van der Waals surface area (Å²) in [6.45, 7) is 21.3.